The fourth-order valence-corrected chi connectivity index (χ4v) is 4.86. The lowest BCUT2D eigenvalue weighted by Crippen LogP contribution is -2.49. The lowest BCUT2D eigenvalue weighted by molar-refractivity contribution is -0.137. The summed E-state index contributed by atoms with van der Waals surface area (Å²) >= 11 is 0. The van der Waals surface area contributed by atoms with Crippen molar-refractivity contribution in [1.82, 2.24) is 9.80 Å². The normalized spacial score (nSPS) is 26.5. The summed E-state index contributed by atoms with van der Waals surface area (Å²) in [5.74, 6) is 0.279. The lowest BCUT2D eigenvalue weighted by atomic mass is 9.73. The molecule has 2 N–H and O–H groups in total. The number of carbonyl (C=O) groups excluding carboxylic acids is 1. The molecule has 0 aliphatic carbocycles. The molecule has 4 rings (SSSR count). The molecule has 2 saturated heterocycles. The summed E-state index contributed by atoms with van der Waals surface area (Å²) in [5.41, 5.74) is 8.45. The maximum Gasteiger partial charge on any atom is 0.227 e. The van der Waals surface area contributed by atoms with Crippen molar-refractivity contribution in [3.63, 3.8) is 0 Å². The predicted octanol–water partition coefficient (Wildman–Crippen LogP) is 3.03. The number of piperidine rings is 1. The highest BCUT2D eigenvalue weighted by molar-refractivity contribution is 5.81. The van der Waals surface area contributed by atoms with Crippen LogP contribution in [0.1, 0.15) is 30.9 Å². The Kier molecular flexibility index (Phi) is 5.51. The van der Waals surface area contributed by atoms with Gasteiger partial charge < -0.3 is 10.6 Å². The Morgan fingerprint density at radius 2 is 1.64 bits per heavy atom. The predicted molar refractivity (Wildman–Crippen MR) is 113 cm³/mol. The number of carbonyl (C=O) groups is 1. The zero-order chi connectivity index (χ0) is 19.6. The maximum atomic E-state index is 13.6. The van der Waals surface area contributed by atoms with Crippen molar-refractivity contribution in [1.29, 1.82) is 0 Å². The minimum atomic E-state index is -0.174. The van der Waals surface area contributed by atoms with Gasteiger partial charge in [-0.15, -0.1) is 0 Å². The van der Waals surface area contributed by atoms with Crippen LogP contribution in [0.25, 0.3) is 0 Å². The largest absolute Gasteiger partial charge is 0.342 e. The van der Waals surface area contributed by atoms with E-state index in [1.54, 1.807) is 0 Å². The fraction of sp³-hybridized carbons (Fsp3) is 0.458. The summed E-state index contributed by atoms with van der Waals surface area (Å²) in [4.78, 5) is 18.1. The van der Waals surface area contributed by atoms with Gasteiger partial charge in [0.1, 0.15) is 0 Å². The molecule has 148 valence electrons. The summed E-state index contributed by atoms with van der Waals surface area (Å²) in [7, 11) is 0. The molecule has 0 spiro atoms. The van der Waals surface area contributed by atoms with E-state index in [0.29, 0.717) is 5.91 Å². The van der Waals surface area contributed by atoms with Crippen LogP contribution < -0.4 is 5.73 Å². The summed E-state index contributed by atoms with van der Waals surface area (Å²) in [5, 5.41) is 0. The number of hydrogen-bond acceptors (Lipinski definition) is 3. The second kappa shape index (κ2) is 8.06. The molecule has 2 atom stereocenters. The Bertz CT molecular complexity index is 786. The Balaban J connectivity index is 1.58. The van der Waals surface area contributed by atoms with Gasteiger partial charge in [-0.3, -0.25) is 9.69 Å². The van der Waals surface area contributed by atoms with Crippen LogP contribution in [0.4, 0.5) is 0 Å². The topological polar surface area (TPSA) is 49.6 Å². The van der Waals surface area contributed by atoms with Crippen molar-refractivity contribution in [2.75, 3.05) is 26.2 Å². The Morgan fingerprint density at radius 3 is 2.29 bits per heavy atom. The van der Waals surface area contributed by atoms with Crippen LogP contribution in [0, 0.1) is 5.92 Å². The van der Waals surface area contributed by atoms with E-state index in [4.69, 9.17) is 5.73 Å². The molecule has 1 amide bonds. The van der Waals surface area contributed by atoms with Crippen molar-refractivity contribution in [3.8, 4) is 0 Å². The molecule has 0 radical (unpaired) electrons. The van der Waals surface area contributed by atoms with Gasteiger partial charge in [-0.05, 0) is 24.0 Å². The van der Waals surface area contributed by atoms with E-state index in [1.807, 2.05) is 6.07 Å². The summed E-state index contributed by atoms with van der Waals surface area (Å²) in [6.07, 6.45) is 1.82. The zero-order valence-corrected chi connectivity index (χ0v) is 16.8. The molecule has 2 aromatic carbocycles. The number of amides is 1. The zero-order valence-electron chi connectivity index (χ0n) is 16.8. The van der Waals surface area contributed by atoms with Gasteiger partial charge in [0, 0.05) is 44.2 Å². The van der Waals surface area contributed by atoms with Crippen LogP contribution in [0.2, 0.25) is 0 Å². The van der Waals surface area contributed by atoms with Gasteiger partial charge in [-0.2, -0.15) is 0 Å². The van der Waals surface area contributed by atoms with Gasteiger partial charge in [0.05, 0.1) is 5.92 Å². The van der Waals surface area contributed by atoms with Gasteiger partial charge >= 0.3 is 0 Å². The van der Waals surface area contributed by atoms with Crippen LogP contribution in [0.15, 0.2) is 60.7 Å². The minimum absolute atomic E-state index is 0.0204. The third kappa shape index (κ3) is 3.85. The molecular weight excluding hydrogens is 346 g/mol. The Morgan fingerprint density at radius 1 is 1.04 bits per heavy atom. The first-order valence-corrected chi connectivity index (χ1v) is 10.4. The molecule has 2 aromatic rings. The SMILES string of the molecule is C[C@]1(c2ccccc2)CN(Cc2ccccc2)C[C@@H]1C(=O)N1CCC(N)CC1. The van der Waals surface area contributed by atoms with Gasteiger partial charge in [0.15, 0.2) is 0 Å². The molecule has 28 heavy (non-hydrogen) atoms. The lowest BCUT2D eigenvalue weighted by Gasteiger charge is -2.37. The minimum Gasteiger partial charge on any atom is -0.342 e. The molecule has 0 unspecified atom stereocenters. The quantitative estimate of drug-likeness (QED) is 0.891. The second-order valence-electron chi connectivity index (χ2n) is 8.65. The molecule has 4 heteroatoms. The molecule has 0 saturated carbocycles. The number of likely N-dealkylation sites (tertiary alicyclic amines) is 2. The number of nitrogens with zero attached hydrogens (tertiary/aromatic N) is 2. The third-order valence-electron chi connectivity index (χ3n) is 6.59. The Hall–Kier alpha value is -2.17. The van der Waals surface area contributed by atoms with E-state index in [2.05, 4.69) is 71.3 Å². The van der Waals surface area contributed by atoms with Crippen molar-refractivity contribution in [2.24, 2.45) is 11.7 Å². The molecule has 2 fully saturated rings. The van der Waals surface area contributed by atoms with Crippen LogP contribution in [-0.2, 0) is 16.8 Å². The molecule has 2 aliphatic heterocycles. The highest BCUT2D eigenvalue weighted by Crippen LogP contribution is 2.41. The second-order valence-corrected chi connectivity index (χ2v) is 8.65. The first kappa shape index (κ1) is 19.2. The van der Waals surface area contributed by atoms with Crippen molar-refractivity contribution in [3.05, 3.63) is 71.8 Å². The molecule has 4 nitrogen and oxygen atoms in total. The molecule has 2 heterocycles. The van der Waals surface area contributed by atoms with E-state index < -0.39 is 0 Å². The molecule has 0 aromatic heterocycles. The smallest absolute Gasteiger partial charge is 0.227 e. The van der Waals surface area contributed by atoms with Gasteiger partial charge in [0.2, 0.25) is 5.91 Å². The highest BCUT2D eigenvalue weighted by atomic mass is 16.2. The molecule has 2 aliphatic rings. The molecular formula is C24H31N3O. The van der Waals surface area contributed by atoms with Crippen LogP contribution >= 0.6 is 0 Å². The fourth-order valence-electron chi connectivity index (χ4n) is 4.86. The molecule has 0 bridgehead atoms. The first-order valence-electron chi connectivity index (χ1n) is 10.4. The van der Waals surface area contributed by atoms with Gasteiger partial charge in [-0.1, -0.05) is 67.6 Å². The first-order chi connectivity index (χ1) is 13.6. The maximum absolute atomic E-state index is 13.6. The van der Waals surface area contributed by atoms with Crippen molar-refractivity contribution in [2.45, 2.75) is 37.8 Å². The van der Waals surface area contributed by atoms with Crippen molar-refractivity contribution >= 4 is 5.91 Å². The summed E-state index contributed by atoms with van der Waals surface area (Å²) < 4.78 is 0. The average molecular weight is 378 g/mol. The van der Waals surface area contributed by atoms with Gasteiger partial charge in [-0.25, -0.2) is 0 Å². The number of benzene rings is 2. The van der Waals surface area contributed by atoms with E-state index in [-0.39, 0.29) is 17.4 Å². The van der Waals surface area contributed by atoms with E-state index >= 15 is 0 Å². The van der Waals surface area contributed by atoms with Crippen LogP contribution in [0.3, 0.4) is 0 Å². The number of hydrogen-bond donors (Lipinski definition) is 1. The number of rotatable bonds is 4. The highest BCUT2D eigenvalue weighted by Gasteiger charge is 2.49. The van der Waals surface area contributed by atoms with Crippen LogP contribution in [-0.4, -0.2) is 47.9 Å². The van der Waals surface area contributed by atoms with E-state index in [0.717, 1.165) is 45.6 Å². The Labute approximate surface area is 168 Å². The van der Waals surface area contributed by atoms with Crippen molar-refractivity contribution < 1.29 is 4.79 Å². The third-order valence-corrected chi connectivity index (χ3v) is 6.59. The summed E-state index contributed by atoms with van der Waals surface area (Å²) in [6.45, 7) is 6.45. The number of nitrogens with two attached hydrogens (primary N) is 1. The van der Waals surface area contributed by atoms with E-state index in [9.17, 15) is 4.79 Å². The average Bonchev–Trinajstić information content (AvgIpc) is 3.07. The summed E-state index contributed by atoms with van der Waals surface area (Å²) in [6, 6.07) is 21.4. The van der Waals surface area contributed by atoms with E-state index in [1.165, 1.54) is 11.1 Å². The van der Waals surface area contributed by atoms with Crippen LogP contribution in [0.5, 0.6) is 0 Å². The monoisotopic (exact) mass is 377 g/mol. The van der Waals surface area contributed by atoms with Gasteiger partial charge in [0.25, 0.3) is 0 Å². The standard InChI is InChI=1S/C24H31N3O/c1-24(20-10-6-3-7-11-20)18-26(16-19-8-4-2-5-9-19)17-22(24)23(28)27-14-12-21(25)13-15-27/h2-11,21-22H,12-18,25H2,1H3/t22-,24-/m1/s1.